The van der Waals surface area contributed by atoms with Gasteiger partial charge in [-0.25, -0.2) is 0 Å². The Bertz CT molecular complexity index is 150. The number of hydrogen-bond acceptors (Lipinski definition) is 3. The number of carbonyl (C=O) groups excluding carboxylic acids is 1. The summed E-state index contributed by atoms with van der Waals surface area (Å²) in [6.45, 7) is 9.30. The molecule has 0 saturated carbocycles. The first-order chi connectivity index (χ1) is 6.18. The first kappa shape index (κ1) is 12.4. The van der Waals surface area contributed by atoms with Crippen LogP contribution in [0.5, 0.6) is 0 Å². The van der Waals surface area contributed by atoms with Gasteiger partial charge in [0.25, 0.3) is 0 Å². The Balaban J connectivity index is 0.000000671. The molecule has 0 aromatic carbocycles. The van der Waals surface area contributed by atoms with E-state index in [0.717, 1.165) is 19.6 Å². The lowest BCUT2D eigenvalue weighted by molar-refractivity contribution is -0.119. The predicted molar refractivity (Wildman–Crippen MR) is 54.4 cm³/mol. The highest BCUT2D eigenvalue weighted by molar-refractivity contribution is 5.75. The highest BCUT2D eigenvalue weighted by Gasteiger charge is 2.16. The third-order valence-corrected chi connectivity index (χ3v) is 1.83. The molecule has 0 spiro atoms. The van der Waals surface area contributed by atoms with Gasteiger partial charge in [0.05, 0.1) is 6.54 Å². The van der Waals surface area contributed by atoms with Crippen molar-refractivity contribution >= 4 is 5.91 Å². The molecule has 0 aliphatic carbocycles. The number of hydrogen-bond donors (Lipinski definition) is 2. The lowest BCUT2D eigenvalue weighted by atomic mass is 10.2. The second kappa shape index (κ2) is 6.86. The van der Waals surface area contributed by atoms with Crippen molar-refractivity contribution in [2.75, 3.05) is 26.2 Å². The summed E-state index contributed by atoms with van der Waals surface area (Å²) in [5.41, 5.74) is 5.07. The molecule has 1 aliphatic heterocycles. The zero-order chi connectivity index (χ0) is 10.3. The topological polar surface area (TPSA) is 58.4 Å². The molecular weight excluding hydrogens is 166 g/mol. The first-order valence-electron chi connectivity index (χ1n) is 4.92. The van der Waals surface area contributed by atoms with E-state index in [1.165, 1.54) is 0 Å². The van der Waals surface area contributed by atoms with Crippen LogP contribution < -0.4 is 11.1 Å². The summed E-state index contributed by atoms with van der Waals surface area (Å²) in [5, 5.41) is 3.29. The summed E-state index contributed by atoms with van der Waals surface area (Å²) in [7, 11) is 0. The average Bonchev–Trinajstić information content (AvgIpc) is 2.06. The Kier molecular flexibility index (Phi) is 6.54. The second-order valence-electron chi connectivity index (χ2n) is 3.06. The molecule has 1 unspecified atom stereocenters. The van der Waals surface area contributed by atoms with Gasteiger partial charge < -0.3 is 11.1 Å². The minimum absolute atomic E-state index is 0.237. The Labute approximate surface area is 80.5 Å². The molecule has 0 bridgehead atoms. The molecule has 78 valence electrons. The minimum Gasteiger partial charge on any atom is -0.369 e. The number of amides is 1. The van der Waals surface area contributed by atoms with Gasteiger partial charge in [0.15, 0.2) is 0 Å². The lowest BCUT2D eigenvalue weighted by Crippen LogP contribution is -2.51. The van der Waals surface area contributed by atoms with Crippen LogP contribution in [0.1, 0.15) is 20.8 Å². The largest absolute Gasteiger partial charge is 0.369 e. The van der Waals surface area contributed by atoms with E-state index in [9.17, 15) is 4.79 Å². The van der Waals surface area contributed by atoms with E-state index in [4.69, 9.17) is 5.73 Å². The molecule has 0 aromatic heterocycles. The van der Waals surface area contributed by atoms with Crippen molar-refractivity contribution in [3.8, 4) is 0 Å². The van der Waals surface area contributed by atoms with Crippen LogP contribution in [-0.4, -0.2) is 43.0 Å². The number of primary amides is 1. The number of nitrogens with two attached hydrogens (primary N) is 1. The smallest absolute Gasteiger partial charge is 0.231 e. The van der Waals surface area contributed by atoms with Crippen LogP contribution in [-0.2, 0) is 4.79 Å². The van der Waals surface area contributed by atoms with Gasteiger partial charge in [-0.1, -0.05) is 13.8 Å². The highest BCUT2D eigenvalue weighted by atomic mass is 16.1. The van der Waals surface area contributed by atoms with Crippen molar-refractivity contribution in [1.29, 1.82) is 0 Å². The van der Waals surface area contributed by atoms with Gasteiger partial charge >= 0.3 is 0 Å². The van der Waals surface area contributed by atoms with E-state index >= 15 is 0 Å². The van der Waals surface area contributed by atoms with Crippen molar-refractivity contribution in [3.63, 3.8) is 0 Å². The SMILES string of the molecule is CC.CC1CN(CC(N)=O)CCN1. The Morgan fingerprint density at radius 3 is 2.69 bits per heavy atom. The van der Waals surface area contributed by atoms with Crippen LogP contribution in [0.3, 0.4) is 0 Å². The van der Waals surface area contributed by atoms with E-state index in [2.05, 4.69) is 17.1 Å². The molecule has 1 atom stereocenters. The van der Waals surface area contributed by atoms with Gasteiger partial charge in [-0.15, -0.1) is 0 Å². The van der Waals surface area contributed by atoms with Crippen molar-refractivity contribution < 1.29 is 4.79 Å². The molecule has 1 amide bonds. The highest BCUT2D eigenvalue weighted by Crippen LogP contribution is 1.96. The normalized spacial score (nSPS) is 23.2. The Hall–Kier alpha value is -0.610. The number of rotatable bonds is 2. The fourth-order valence-electron chi connectivity index (χ4n) is 1.38. The maximum Gasteiger partial charge on any atom is 0.231 e. The number of piperazine rings is 1. The zero-order valence-corrected chi connectivity index (χ0v) is 8.84. The third kappa shape index (κ3) is 5.60. The molecule has 1 aliphatic rings. The van der Waals surface area contributed by atoms with Crippen LogP contribution in [0.2, 0.25) is 0 Å². The van der Waals surface area contributed by atoms with Crippen molar-refractivity contribution in [1.82, 2.24) is 10.2 Å². The molecule has 1 saturated heterocycles. The quantitative estimate of drug-likeness (QED) is 0.629. The van der Waals surface area contributed by atoms with Crippen LogP contribution >= 0.6 is 0 Å². The molecule has 1 rings (SSSR count). The molecular formula is C9H21N3O. The monoisotopic (exact) mass is 187 g/mol. The fraction of sp³-hybridized carbons (Fsp3) is 0.889. The molecule has 4 nitrogen and oxygen atoms in total. The maximum absolute atomic E-state index is 10.5. The first-order valence-corrected chi connectivity index (χ1v) is 4.92. The van der Waals surface area contributed by atoms with Crippen LogP contribution in [0.15, 0.2) is 0 Å². The summed E-state index contributed by atoms with van der Waals surface area (Å²) < 4.78 is 0. The number of carbonyl (C=O) groups is 1. The summed E-state index contributed by atoms with van der Waals surface area (Å²) in [4.78, 5) is 12.6. The van der Waals surface area contributed by atoms with E-state index in [-0.39, 0.29) is 5.91 Å². The molecule has 0 aromatic rings. The van der Waals surface area contributed by atoms with Gasteiger partial charge in [0.1, 0.15) is 0 Å². The summed E-state index contributed by atoms with van der Waals surface area (Å²) in [6.07, 6.45) is 0. The molecule has 1 heterocycles. The van der Waals surface area contributed by atoms with E-state index in [0.29, 0.717) is 12.6 Å². The molecule has 1 fully saturated rings. The molecule has 4 heteroatoms. The number of nitrogens with zero attached hydrogens (tertiary/aromatic N) is 1. The van der Waals surface area contributed by atoms with Crippen molar-refractivity contribution in [3.05, 3.63) is 0 Å². The second-order valence-corrected chi connectivity index (χ2v) is 3.06. The molecule has 3 N–H and O–H groups in total. The maximum atomic E-state index is 10.5. The third-order valence-electron chi connectivity index (χ3n) is 1.83. The minimum atomic E-state index is -0.237. The Morgan fingerprint density at radius 2 is 2.23 bits per heavy atom. The molecule has 0 radical (unpaired) electrons. The Morgan fingerprint density at radius 1 is 1.62 bits per heavy atom. The van der Waals surface area contributed by atoms with Crippen molar-refractivity contribution in [2.45, 2.75) is 26.8 Å². The van der Waals surface area contributed by atoms with E-state index < -0.39 is 0 Å². The zero-order valence-electron chi connectivity index (χ0n) is 8.84. The van der Waals surface area contributed by atoms with E-state index in [1.54, 1.807) is 0 Å². The van der Waals surface area contributed by atoms with Gasteiger partial charge in [0, 0.05) is 25.7 Å². The average molecular weight is 187 g/mol. The van der Waals surface area contributed by atoms with Crippen molar-refractivity contribution in [2.24, 2.45) is 5.73 Å². The van der Waals surface area contributed by atoms with Gasteiger partial charge in [-0.3, -0.25) is 9.69 Å². The van der Waals surface area contributed by atoms with Crippen LogP contribution in [0.25, 0.3) is 0 Å². The predicted octanol–water partition coefficient (Wildman–Crippen LogP) is -0.208. The fourth-order valence-corrected chi connectivity index (χ4v) is 1.38. The molecule has 13 heavy (non-hydrogen) atoms. The standard InChI is InChI=1S/C7H15N3O.C2H6/c1-6-4-10(3-2-9-6)5-7(8)11;1-2/h6,9H,2-5H2,1H3,(H2,8,11);1-2H3. The van der Waals surface area contributed by atoms with Crippen LogP contribution in [0.4, 0.5) is 0 Å². The van der Waals surface area contributed by atoms with Gasteiger partial charge in [0.2, 0.25) is 5.91 Å². The summed E-state index contributed by atoms with van der Waals surface area (Å²) in [6, 6.07) is 0.475. The number of nitrogens with one attached hydrogen (secondary N) is 1. The van der Waals surface area contributed by atoms with Crippen LogP contribution in [0, 0.1) is 0 Å². The van der Waals surface area contributed by atoms with Gasteiger partial charge in [-0.2, -0.15) is 0 Å². The van der Waals surface area contributed by atoms with Gasteiger partial charge in [-0.05, 0) is 6.92 Å². The summed E-state index contributed by atoms with van der Waals surface area (Å²) >= 11 is 0. The van der Waals surface area contributed by atoms with E-state index in [1.807, 2.05) is 13.8 Å². The summed E-state index contributed by atoms with van der Waals surface area (Å²) in [5.74, 6) is -0.237. The lowest BCUT2D eigenvalue weighted by Gasteiger charge is -2.30.